The summed E-state index contributed by atoms with van der Waals surface area (Å²) < 4.78 is 0. The van der Waals surface area contributed by atoms with Gasteiger partial charge < -0.3 is 20.4 Å². The molecule has 2 atom stereocenters. The Morgan fingerprint density at radius 3 is 1.55 bits per heavy atom. The molecule has 0 aromatic carbocycles. The van der Waals surface area contributed by atoms with Gasteiger partial charge in [-0.15, -0.1) is 0 Å². The van der Waals surface area contributed by atoms with E-state index < -0.39 is 17.6 Å². The van der Waals surface area contributed by atoms with Crippen LogP contribution in [0.5, 0.6) is 0 Å². The number of aliphatic hydroxyl groups is 4. The molecular weight excluding hydrogens is 148 g/mol. The smallest absolute Gasteiger partial charge is 0.0806 e. The maximum absolute atomic E-state index is 9.12. The van der Waals surface area contributed by atoms with Gasteiger partial charge in [-0.3, -0.25) is 0 Å². The van der Waals surface area contributed by atoms with Gasteiger partial charge in [0, 0.05) is 5.41 Å². The van der Waals surface area contributed by atoms with E-state index in [1.54, 1.807) is 0 Å². The molecule has 0 heterocycles. The molecule has 4 heteroatoms. The second-order valence-corrected chi connectivity index (χ2v) is 3.36. The van der Waals surface area contributed by atoms with Crippen LogP contribution in [0.25, 0.3) is 0 Å². The van der Waals surface area contributed by atoms with Crippen LogP contribution < -0.4 is 0 Å². The summed E-state index contributed by atoms with van der Waals surface area (Å²) in [6.45, 7) is -0.366. The van der Waals surface area contributed by atoms with Gasteiger partial charge in [0.2, 0.25) is 0 Å². The van der Waals surface area contributed by atoms with E-state index in [0.29, 0.717) is 0 Å². The van der Waals surface area contributed by atoms with Crippen LogP contribution in [0.15, 0.2) is 0 Å². The van der Waals surface area contributed by atoms with Crippen molar-refractivity contribution in [3.05, 3.63) is 0 Å². The van der Waals surface area contributed by atoms with E-state index >= 15 is 0 Å². The van der Waals surface area contributed by atoms with Crippen LogP contribution in [0.1, 0.15) is 12.8 Å². The largest absolute Gasteiger partial charge is 0.396 e. The van der Waals surface area contributed by atoms with Crippen molar-refractivity contribution in [2.75, 3.05) is 13.2 Å². The third kappa shape index (κ3) is 1.54. The highest BCUT2D eigenvalue weighted by Gasteiger charge is 2.43. The maximum Gasteiger partial charge on any atom is 0.0806 e. The van der Waals surface area contributed by atoms with Gasteiger partial charge in [-0.05, 0) is 12.8 Å². The molecule has 1 saturated carbocycles. The van der Waals surface area contributed by atoms with Crippen LogP contribution in [0.4, 0.5) is 0 Å². The highest BCUT2D eigenvalue weighted by atomic mass is 16.3. The predicted octanol–water partition coefficient (Wildman–Crippen LogP) is -1.53. The zero-order chi connectivity index (χ0) is 8.48. The Kier molecular flexibility index (Phi) is 2.49. The summed E-state index contributed by atoms with van der Waals surface area (Å²) in [5, 5.41) is 36.0. The van der Waals surface area contributed by atoms with E-state index in [4.69, 9.17) is 20.4 Å². The minimum absolute atomic E-state index is 0.183. The fourth-order valence-corrected chi connectivity index (χ4v) is 1.55. The average Bonchev–Trinajstić information content (AvgIpc) is 2.29. The lowest BCUT2D eigenvalue weighted by Crippen LogP contribution is -2.27. The second-order valence-electron chi connectivity index (χ2n) is 3.36. The summed E-state index contributed by atoms with van der Waals surface area (Å²) >= 11 is 0. The van der Waals surface area contributed by atoms with Gasteiger partial charge in [0.1, 0.15) is 0 Å². The van der Waals surface area contributed by atoms with Gasteiger partial charge in [0.15, 0.2) is 0 Å². The molecule has 0 radical (unpaired) electrons. The van der Waals surface area contributed by atoms with Crippen LogP contribution in [-0.2, 0) is 0 Å². The predicted molar refractivity (Wildman–Crippen MR) is 37.9 cm³/mol. The van der Waals surface area contributed by atoms with Crippen molar-refractivity contribution in [2.24, 2.45) is 5.41 Å². The van der Waals surface area contributed by atoms with Crippen LogP contribution in [0.2, 0.25) is 0 Å². The molecule has 0 aromatic heterocycles. The summed E-state index contributed by atoms with van der Waals surface area (Å²) in [5.41, 5.74) is -0.668. The summed E-state index contributed by atoms with van der Waals surface area (Å²) in [4.78, 5) is 0. The van der Waals surface area contributed by atoms with Crippen LogP contribution in [0, 0.1) is 5.41 Å². The topological polar surface area (TPSA) is 80.9 Å². The van der Waals surface area contributed by atoms with E-state index in [2.05, 4.69) is 0 Å². The maximum atomic E-state index is 9.12. The molecule has 1 rings (SSSR count). The van der Waals surface area contributed by atoms with Crippen molar-refractivity contribution in [3.63, 3.8) is 0 Å². The highest BCUT2D eigenvalue weighted by molar-refractivity contribution is 4.93. The van der Waals surface area contributed by atoms with Crippen molar-refractivity contribution in [1.29, 1.82) is 0 Å². The third-order valence-corrected chi connectivity index (χ3v) is 2.40. The van der Waals surface area contributed by atoms with Crippen molar-refractivity contribution in [3.8, 4) is 0 Å². The number of aliphatic hydroxyl groups excluding tert-OH is 4. The fraction of sp³-hybridized carbons (Fsp3) is 1.00. The normalized spacial score (nSPS) is 36.0. The van der Waals surface area contributed by atoms with E-state index in [1.807, 2.05) is 0 Å². The van der Waals surface area contributed by atoms with Crippen molar-refractivity contribution < 1.29 is 20.4 Å². The zero-order valence-electron chi connectivity index (χ0n) is 6.27. The molecule has 4 nitrogen and oxygen atoms in total. The molecule has 11 heavy (non-hydrogen) atoms. The molecule has 0 amide bonds. The molecule has 0 aliphatic heterocycles. The summed E-state index contributed by atoms with van der Waals surface area (Å²) in [6, 6.07) is 0. The van der Waals surface area contributed by atoms with E-state index in [0.717, 1.165) is 0 Å². The molecule has 1 fully saturated rings. The first-order valence-corrected chi connectivity index (χ1v) is 3.71. The van der Waals surface area contributed by atoms with Crippen LogP contribution in [-0.4, -0.2) is 45.8 Å². The molecular formula is C7H14O4. The number of hydrogen-bond donors (Lipinski definition) is 4. The SMILES string of the molecule is OCC1(CO)C[C@@H](O)[C@H](O)C1. The molecule has 0 spiro atoms. The third-order valence-electron chi connectivity index (χ3n) is 2.40. The Morgan fingerprint density at radius 2 is 1.36 bits per heavy atom. The van der Waals surface area contributed by atoms with E-state index in [1.165, 1.54) is 0 Å². The van der Waals surface area contributed by atoms with Crippen molar-refractivity contribution in [1.82, 2.24) is 0 Å². The molecule has 1 aliphatic carbocycles. The quantitative estimate of drug-likeness (QED) is 0.397. The Bertz CT molecular complexity index is 120. The molecule has 0 unspecified atom stereocenters. The summed E-state index contributed by atoms with van der Waals surface area (Å²) in [7, 11) is 0. The fourth-order valence-electron chi connectivity index (χ4n) is 1.55. The van der Waals surface area contributed by atoms with Gasteiger partial charge in [0.25, 0.3) is 0 Å². The summed E-state index contributed by atoms with van der Waals surface area (Å²) in [6.07, 6.45) is -1.04. The first-order valence-electron chi connectivity index (χ1n) is 3.71. The molecule has 1 aliphatic rings. The van der Waals surface area contributed by atoms with Gasteiger partial charge in [-0.25, -0.2) is 0 Å². The van der Waals surface area contributed by atoms with Crippen LogP contribution >= 0.6 is 0 Å². The van der Waals surface area contributed by atoms with Gasteiger partial charge >= 0.3 is 0 Å². The van der Waals surface area contributed by atoms with Crippen LogP contribution in [0.3, 0.4) is 0 Å². The molecule has 0 saturated heterocycles. The van der Waals surface area contributed by atoms with Crippen molar-refractivity contribution in [2.45, 2.75) is 25.0 Å². The number of hydrogen-bond acceptors (Lipinski definition) is 4. The Labute approximate surface area is 65.1 Å². The first kappa shape index (κ1) is 8.93. The first-order chi connectivity index (χ1) is 5.13. The van der Waals surface area contributed by atoms with Gasteiger partial charge in [-0.2, -0.15) is 0 Å². The lowest BCUT2D eigenvalue weighted by Gasteiger charge is -2.22. The average molecular weight is 162 g/mol. The van der Waals surface area contributed by atoms with Gasteiger partial charge in [-0.1, -0.05) is 0 Å². The Morgan fingerprint density at radius 1 is 1.00 bits per heavy atom. The van der Waals surface area contributed by atoms with E-state index in [9.17, 15) is 0 Å². The monoisotopic (exact) mass is 162 g/mol. The van der Waals surface area contributed by atoms with Crippen molar-refractivity contribution >= 4 is 0 Å². The minimum atomic E-state index is -0.797. The minimum Gasteiger partial charge on any atom is -0.396 e. The Balaban J connectivity index is 2.61. The highest BCUT2D eigenvalue weighted by Crippen LogP contribution is 2.37. The number of rotatable bonds is 2. The molecule has 0 aromatic rings. The molecule has 4 N–H and O–H groups in total. The van der Waals surface area contributed by atoms with Gasteiger partial charge in [0.05, 0.1) is 25.4 Å². The lowest BCUT2D eigenvalue weighted by atomic mass is 9.88. The standard InChI is InChI=1S/C7H14O4/c8-3-7(4-9)1-5(10)6(11)2-7/h5-6,8-11H,1-4H2/t5-,6-/m1/s1. The molecule has 66 valence electrons. The zero-order valence-corrected chi connectivity index (χ0v) is 6.27. The lowest BCUT2D eigenvalue weighted by molar-refractivity contribution is 0.0438. The second kappa shape index (κ2) is 3.06. The molecule has 0 bridgehead atoms. The van der Waals surface area contributed by atoms with E-state index in [-0.39, 0.29) is 26.1 Å². The Hall–Kier alpha value is -0.160. The summed E-state index contributed by atoms with van der Waals surface area (Å²) in [5.74, 6) is 0.